The van der Waals surface area contributed by atoms with Gasteiger partial charge in [-0.1, -0.05) is 55.5 Å². The predicted octanol–water partition coefficient (Wildman–Crippen LogP) is 4.20. The predicted molar refractivity (Wildman–Crippen MR) is 126 cm³/mol. The zero-order valence-electron chi connectivity index (χ0n) is 18.3. The molecule has 3 rings (SSSR count). The van der Waals surface area contributed by atoms with Crippen LogP contribution in [0, 0.1) is 0 Å². The molecule has 3 aromatic carbocycles. The minimum Gasteiger partial charge on any atom is -0.494 e. The largest absolute Gasteiger partial charge is 0.494 e. The molecule has 6 nitrogen and oxygen atoms in total. The van der Waals surface area contributed by atoms with E-state index in [1.54, 1.807) is 42.5 Å². The van der Waals surface area contributed by atoms with Crippen LogP contribution >= 0.6 is 0 Å². The minimum atomic E-state index is -3.95. The number of sulfonamides is 1. The third kappa shape index (κ3) is 5.88. The average molecular weight is 453 g/mol. The van der Waals surface area contributed by atoms with Gasteiger partial charge in [-0.3, -0.25) is 9.10 Å². The molecular formula is C25H28N2O4S. The maximum atomic E-state index is 13.4. The Kier molecular flexibility index (Phi) is 7.89. The molecule has 32 heavy (non-hydrogen) atoms. The van der Waals surface area contributed by atoms with Crippen LogP contribution in [0.5, 0.6) is 5.75 Å². The summed E-state index contributed by atoms with van der Waals surface area (Å²) in [5.74, 6) is 0.324. The zero-order chi connectivity index (χ0) is 23.0. The number of benzene rings is 3. The number of para-hydroxylation sites is 1. The number of hydrogen-bond donors (Lipinski definition) is 1. The molecule has 1 atom stereocenters. The first-order valence-corrected chi connectivity index (χ1v) is 12.0. The highest BCUT2D eigenvalue weighted by molar-refractivity contribution is 7.92. The van der Waals surface area contributed by atoms with Crippen molar-refractivity contribution in [2.45, 2.75) is 24.7 Å². The van der Waals surface area contributed by atoms with Gasteiger partial charge in [0, 0.05) is 6.54 Å². The highest BCUT2D eigenvalue weighted by Crippen LogP contribution is 2.25. The van der Waals surface area contributed by atoms with Gasteiger partial charge in [-0.25, -0.2) is 8.42 Å². The van der Waals surface area contributed by atoms with Gasteiger partial charge in [0.15, 0.2) is 0 Å². The van der Waals surface area contributed by atoms with Crippen molar-refractivity contribution in [1.29, 1.82) is 0 Å². The average Bonchev–Trinajstić information content (AvgIpc) is 2.82. The van der Waals surface area contributed by atoms with E-state index < -0.39 is 10.0 Å². The number of carbonyl (C=O) groups excluding carboxylic acids is 1. The van der Waals surface area contributed by atoms with Crippen molar-refractivity contribution in [2.24, 2.45) is 0 Å². The summed E-state index contributed by atoms with van der Waals surface area (Å²) in [5, 5.41) is 2.87. The second-order valence-corrected chi connectivity index (χ2v) is 9.23. The summed E-state index contributed by atoms with van der Waals surface area (Å²) < 4.78 is 33.3. The second kappa shape index (κ2) is 10.8. The number of rotatable bonds is 10. The SMILES string of the molecule is CCOc1ccc(S(=O)(=O)N(CC(=O)NC[C@H](C)c2ccccc2)c2ccccc2)cc1. The van der Waals surface area contributed by atoms with Gasteiger partial charge in [0.05, 0.1) is 17.2 Å². The van der Waals surface area contributed by atoms with E-state index in [0.717, 1.165) is 9.87 Å². The first-order chi connectivity index (χ1) is 15.4. The molecule has 0 heterocycles. The summed E-state index contributed by atoms with van der Waals surface area (Å²) in [4.78, 5) is 12.8. The summed E-state index contributed by atoms with van der Waals surface area (Å²) in [6.45, 7) is 4.46. The lowest BCUT2D eigenvalue weighted by Gasteiger charge is -2.24. The zero-order valence-corrected chi connectivity index (χ0v) is 19.1. The van der Waals surface area contributed by atoms with Gasteiger partial charge in [0.2, 0.25) is 5.91 Å². The summed E-state index contributed by atoms with van der Waals surface area (Å²) in [6.07, 6.45) is 0. The van der Waals surface area contributed by atoms with E-state index in [9.17, 15) is 13.2 Å². The van der Waals surface area contributed by atoms with Gasteiger partial charge in [0.1, 0.15) is 12.3 Å². The Hall–Kier alpha value is -3.32. The number of carbonyl (C=O) groups is 1. The molecule has 0 aliphatic heterocycles. The first kappa shape index (κ1) is 23.3. The second-order valence-electron chi connectivity index (χ2n) is 7.37. The fraction of sp³-hybridized carbons (Fsp3) is 0.240. The lowest BCUT2D eigenvalue weighted by molar-refractivity contribution is -0.119. The van der Waals surface area contributed by atoms with Crippen molar-refractivity contribution < 1.29 is 17.9 Å². The van der Waals surface area contributed by atoms with Gasteiger partial charge in [-0.05, 0) is 54.8 Å². The molecule has 0 bridgehead atoms. The van der Waals surface area contributed by atoms with E-state index in [1.807, 2.05) is 44.2 Å². The van der Waals surface area contributed by atoms with Crippen LogP contribution in [0.1, 0.15) is 25.3 Å². The van der Waals surface area contributed by atoms with E-state index >= 15 is 0 Å². The number of anilines is 1. The smallest absolute Gasteiger partial charge is 0.264 e. The molecule has 168 valence electrons. The van der Waals surface area contributed by atoms with Crippen LogP contribution in [-0.2, 0) is 14.8 Å². The highest BCUT2D eigenvalue weighted by Gasteiger charge is 2.27. The molecular weight excluding hydrogens is 424 g/mol. The Bertz CT molecular complexity index is 1100. The third-order valence-electron chi connectivity index (χ3n) is 5.03. The van der Waals surface area contributed by atoms with Gasteiger partial charge < -0.3 is 10.1 Å². The third-order valence-corrected chi connectivity index (χ3v) is 6.82. The molecule has 0 spiro atoms. The Morgan fingerprint density at radius 2 is 1.53 bits per heavy atom. The molecule has 0 aromatic heterocycles. The van der Waals surface area contributed by atoms with E-state index in [-0.39, 0.29) is 23.3 Å². The topological polar surface area (TPSA) is 75.7 Å². The molecule has 0 saturated heterocycles. The molecule has 0 unspecified atom stereocenters. The molecule has 0 aliphatic carbocycles. The molecule has 7 heteroatoms. The Balaban J connectivity index is 1.78. The molecule has 0 aliphatic rings. The molecule has 1 amide bonds. The Morgan fingerprint density at radius 1 is 0.938 bits per heavy atom. The van der Waals surface area contributed by atoms with Crippen molar-refractivity contribution in [3.8, 4) is 5.75 Å². The summed E-state index contributed by atoms with van der Waals surface area (Å²) in [5.41, 5.74) is 1.53. The van der Waals surface area contributed by atoms with Crippen LogP contribution in [-0.4, -0.2) is 34.0 Å². The van der Waals surface area contributed by atoms with Crippen molar-refractivity contribution in [3.05, 3.63) is 90.5 Å². The maximum absolute atomic E-state index is 13.4. The van der Waals surface area contributed by atoms with E-state index in [0.29, 0.717) is 24.6 Å². The molecule has 3 aromatic rings. The number of ether oxygens (including phenoxy) is 1. The molecule has 0 saturated carbocycles. The Morgan fingerprint density at radius 3 is 2.12 bits per heavy atom. The van der Waals surface area contributed by atoms with Gasteiger partial charge in [-0.2, -0.15) is 0 Å². The first-order valence-electron chi connectivity index (χ1n) is 10.5. The van der Waals surface area contributed by atoms with Crippen molar-refractivity contribution in [1.82, 2.24) is 5.32 Å². The standard InChI is InChI=1S/C25H28N2O4S/c1-3-31-23-14-16-24(17-15-23)32(29,30)27(22-12-8-5-9-13-22)19-25(28)26-18-20(2)21-10-6-4-7-11-21/h4-17,20H,3,18-19H2,1-2H3,(H,26,28)/t20-/m0/s1. The molecule has 0 fully saturated rings. The monoisotopic (exact) mass is 452 g/mol. The number of amides is 1. The number of nitrogens with one attached hydrogen (secondary N) is 1. The van der Waals surface area contributed by atoms with Gasteiger partial charge in [-0.15, -0.1) is 0 Å². The van der Waals surface area contributed by atoms with E-state index in [4.69, 9.17) is 4.74 Å². The normalized spacial score (nSPS) is 12.1. The quantitative estimate of drug-likeness (QED) is 0.500. The number of nitrogens with zero attached hydrogens (tertiary/aromatic N) is 1. The summed E-state index contributed by atoms with van der Waals surface area (Å²) in [7, 11) is -3.95. The van der Waals surface area contributed by atoms with Crippen LogP contribution in [0.3, 0.4) is 0 Å². The van der Waals surface area contributed by atoms with E-state index in [2.05, 4.69) is 5.32 Å². The number of hydrogen-bond acceptors (Lipinski definition) is 4. The van der Waals surface area contributed by atoms with Crippen LogP contribution in [0.25, 0.3) is 0 Å². The van der Waals surface area contributed by atoms with Crippen molar-refractivity contribution >= 4 is 21.6 Å². The fourth-order valence-electron chi connectivity index (χ4n) is 3.26. The summed E-state index contributed by atoms with van der Waals surface area (Å²) in [6, 6.07) is 24.7. The summed E-state index contributed by atoms with van der Waals surface area (Å²) >= 11 is 0. The van der Waals surface area contributed by atoms with Crippen molar-refractivity contribution in [3.63, 3.8) is 0 Å². The van der Waals surface area contributed by atoms with Gasteiger partial charge in [0.25, 0.3) is 10.0 Å². The van der Waals surface area contributed by atoms with Crippen LogP contribution < -0.4 is 14.4 Å². The molecule has 0 radical (unpaired) electrons. The maximum Gasteiger partial charge on any atom is 0.264 e. The molecule has 1 N–H and O–H groups in total. The Labute approximate surface area is 189 Å². The van der Waals surface area contributed by atoms with Crippen LogP contribution in [0.4, 0.5) is 5.69 Å². The lowest BCUT2D eigenvalue weighted by atomic mass is 10.0. The van der Waals surface area contributed by atoms with Crippen LogP contribution in [0.2, 0.25) is 0 Å². The van der Waals surface area contributed by atoms with Gasteiger partial charge >= 0.3 is 0 Å². The fourth-order valence-corrected chi connectivity index (χ4v) is 4.68. The van der Waals surface area contributed by atoms with Crippen molar-refractivity contribution in [2.75, 3.05) is 24.0 Å². The van der Waals surface area contributed by atoms with E-state index in [1.165, 1.54) is 12.1 Å². The van der Waals surface area contributed by atoms with Crippen LogP contribution in [0.15, 0.2) is 89.8 Å². The minimum absolute atomic E-state index is 0.0928. The lowest BCUT2D eigenvalue weighted by Crippen LogP contribution is -2.41. The highest BCUT2D eigenvalue weighted by atomic mass is 32.2.